The lowest BCUT2D eigenvalue weighted by molar-refractivity contribution is -0.144. The molecule has 1 aromatic carbocycles. The number of nitrogens with two attached hydrogens (primary N) is 1. The van der Waals surface area contributed by atoms with Crippen molar-refractivity contribution < 1.29 is 9.90 Å². The van der Waals surface area contributed by atoms with Crippen LogP contribution in [0.1, 0.15) is 123 Å². The van der Waals surface area contributed by atoms with Crippen molar-refractivity contribution in [3.8, 4) is 0 Å². The summed E-state index contributed by atoms with van der Waals surface area (Å²) in [6.07, 6.45) is 14.7. The first-order valence-electron chi connectivity index (χ1n) is 14.2. The van der Waals surface area contributed by atoms with Crippen molar-refractivity contribution in [1.82, 2.24) is 5.32 Å². The summed E-state index contributed by atoms with van der Waals surface area (Å²) in [7, 11) is 0. The van der Waals surface area contributed by atoms with E-state index in [0.29, 0.717) is 0 Å². The number of carboxylic acid groups (broad SMARTS) is 1. The lowest BCUT2D eigenvalue weighted by atomic mass is 9.80. The normalized spacial score (nSPS) is 18.6. The monoisotopic (exact) mass is 488 g/mol. The minimum absolute atomic E-state index is 0.154. The highest BCUT2D eigenvalue weighted by Gasteiger charge is 2.33. The molecule has 1 aromatic rings. The number of carboxylic acids is 1. The number of rotatable bonds is 12. The van der Waals surface area contributed by atoms with E-state index in [1.807, 2.05) is 0 Å². The first-order valence-corrected chi connectivity index (χ1v) is 14.2. The standard InChI is InChI=1S/C20H35N.C11H21NO2/c1-20(2,3)19-15-12-14-18(17-19)13-10-8-6-4-5-7-9-11-16-21;1-11(2,3)7-9-8(10(13)14)5-4-6-12-9/h12,14-15,17H,4-11,13,16,21H2,1-3H3;8-9,12H,4-7H2,1-3H3,(H,13,14). The van der Waals surface area contributed by atoms with Gasteiger partial charge in [0, 0.05) is 6.04 Å². The molecule has 0 aliphatic carbocycles. The molecule has 4 N–H and O–H groups in total. The van der Waals surface area contributed by atoms with Crippen LogP contribution in [0.2, 0.25) is 0 Å². The van der Waals surface area contributed by atoms with Gasteiger partial charge in [0.2, 0.25) is 0 Å². The molecule has 1 fully saturated rings. The van der Waals surface area contributed by atoms with Crippen molar-refractivity contribution in [2.75, 3.05) is 13.1 Å². The summed E-state index contributed by atoms with van der Waals surface area (Å²) >= 11 is 0. The number of benzene rings is 1. The van der Waals surface area contributed by atoms with Gasteiger partial charge in [-0.05, 0) is 73.6 Å². The summed E-state index contributed by atoms with van der Waals surface area (Å²) in [5, 5.41) is 12.4. The maximum absolute atomic E-state index is 11.0. The molecule has 1 saturated heterocycles. The number of hydrogen-bond acceptors (Lipinski definition) is 3. The second-order valence-corrected chi connectivity index (χ2v) is 12.7. The molecule has 0 amide bonds. The summed E-state index contributed by atoms with van der Waals surface area (Å²) < 4.78 is 0. The Labute approximate surface area is 216 Å². The SMILES string of the molecule is CC(C)(C)CC1NCCCC1C(=O)O.CC(C)(C)c1cccc(CCCCCCCCCCN)c1. The zero-order valence-electron chi connectivity index (χ0n) is 23.8. The molecule has 2 rings (SSSR count). The van der Waals surface area contributed by atoms with Gasteiger partial charge >= 0.3 is 5.97 Å². The topological polar surface area (TPSA) is 75.3 Å². The Balaban J connectivity index is 0.000000379. The van der Waals surface area contributed by atoms with Crippen LogP contribution in [0.4, 0.5) is 0 Å². The van der Waals surface area contributed by atoms with Crippen LogP contribution in [0.5, 0.6) is 0 Å². The Morgan fingerprint density at radius 3 is 2.11 bits per heavy atom. The van der Waals surface area contributed by atoms with Gasteiger partial charge in [0.1, 0.15) is 0 Å². The number of carbonyl (C=O) groups is 1. The van der Waals surface area contributed by atoms with Crippen LogP contribution in [-0.2, 0) is 16.6 Å². The van der Waals surface area contributed by atoms with Crippen LogP contribution in [0.25, 0.3) is 0 Å². The minimum Gasteiger partial charge on any atom is -0.481 e. The average Bonchev–Trinajstić information content (AvgIpc) is 2.77. The Morgan fingerprint density at radius 1 is 0.971 bits per heavy atom. The quantitative estimate of drug-likeness (QED) is 0.267. The lowest BCUT2D eigenvalue weighted by Crippen LogP contribution is -2.46. The fourth-order valence-corrected chi connectivity index (χ4v) is 4.85. The zero-order chi connectivity index (χ0) is 26.3. The molecule has 0 bridgehead atoms. The van der Waals surface area contributed by atoms with Gasteiger partial charge < -0.3 is 16.2 Å². The van der Waals surface area contributed by atoms with Crippen LogP contribution < -0.4 is 11.1 Å². The van der Waals surface area contributed by atoms with E-state index >= 15 is 0 Å². The third-order valence-corrected chi connectivity index (χ3v) is 6.95. The highest BCUT2D eigenvalue weighted by atomic mass is 16.4. The number of aliphatic carboxylic acids is 1. The number of unbranched alkanes of at least 4 members (excludes halogenated alkanes) is 7. The molecule has 35 heavy (non-hydrogen) atoms. The first kappa shape index (κ1) is 31.6. The molecule has 0 aromatic heterocycles. The van der Waals surface area contributed by atoms with Crippen LogP contribution in [0.3, 0.4) is 0 Å². The Hall–Kier alpha value is -1.39. The van der Waals surface area contributed by atoms with E-state index in [0.717, 1.165) is 32.4 Å². The van der Waals surface area contributed by atoms with Crippen LogP contribution in [0.15, 0.2) is 24.3 Å². The molecule has 4 heteroatoms. The Bertz CT molecular complexity index is 703. The molecule has 202 valence electrons. The molecule has 2 unspecified atom stereocenters. The second-order valence-electron chi connectivity index (χ2n) is 12.7. The summed E-state index contributed by atoms with van der Waals surface area (Å²) in [5.41, 5.74) is 8.93. The third kappa shape index (κ3) is 14.7. The molecule has 4 nitrogen and oxygen atoms in total. The van der Waals surface area contributed by atoms with Crippen molar-refractivity contribution >= 4 is 5.97 Å². The zero-order valence-corrected chi connectivity index (χ0v) is 23.8. The van der Waals surface area contributed by atoms with Crippen LogP contribution >= 0.6 is 0 Å². The smallest absolute Gasteiger partial charge is 0.308 e. The molecular weight excluding hydrogens is 432 g/mol. The van der Waals surface area contributed by atoms with Gasteiger partial charge in [0.05, 0.1) is 5.92 Å². The minimum atomic E-state index is -0.647. The lowest BCUT2D eigenvalue weighted by Gasteiger charge is -2.34. The summed E-state index contributed by atoms with van der Waals surface area (Å²) in [4.78, 5) is 11.0. The Kier molecular flexibility index (Phi) is 14.8. The van der Waals surface area contributed by atoms with Crippen LogP contribution in [-0.4, -0.2) is 30.2 Å². The predicted molar refractivity (Wildman–Crippen MR) is 151 cm³/mol. The molecule has 0 radical (unpaired) electrons. The van der Waals surface area contributed by atoms with Gasteiger partial charge in [-0.2, -0.15) is 0 Å². The van der Waals surface area contributed by atoms with Crippen LogP contribution in [0, 0.1) is 11.3 Å². The molecule has 0 saturated carbocycles. The van der Waals surface area contributed by atoms with E-state index < -0.39 is 5.97 Å². The number of nitrogens with one attached hydrogen (secondary N) is 1. The van der Waals surface area contributed by atoms with E-state index in [4.69, 9.17) is 10.8 Å². The highest BCUT2D eigenvalue weighted by Crippen LogP contribution is 2.28. The van der Waals surface area contributed by atoms with Gasteiger partial charge in [-0.3, -0.25) is 4.79 Å². The summed E-state index contributed by atoms with van der Waals surface area (Å²) in [6, 6.07) is 9.30. The van der Waals surface area contributed by atoms with Crippen molar-refractivity contribution in [2.24, 2.45) is 17.1 Å². The average molecular weight is 489 g/mol. The van der Waals surface area contributed by atoms with Gasteiger partial charge in [0.15, 0.2) is 0 Å². The number of piperidine rings is 1. The molecule has 1 aliphatic heterocycles. The fraction of sp³-hybridized carbons (Fsp3) is 0.774. The predicted octanol–water partition coefficient (Wildman–Crippen LogP) is 7.48. The largest absolute Gasteiger partial charge is 0.481 e. The molecule has 1 aliphatic rings. The maximum atomic E-state index is 11.0. The number of aryl methyl sites for hydroxylation is 1. The van der Waals surface area contributed by atoms with Gasteiger partial charge in [-0.15, -0.1) is 0 Å². The van der Waals surface area contributed by atoms with E-state index in [1.165, 1.54) is 68.9 Å². The van der Waals surface area contributed by atoms with E-state index in [2.05, 4.69) is 71.1 Å². The molecule has 1 heterocycles. The summed E-state index contributed by atoms with van der Waals surface area (Å²) in [6.45, 7) is 15.1. The van der Waals surface area contributed by atoms with Crippen molar-refractivity contribution in [3.63, 3.8) is 0 Å². The van der Waals surface area contributed by atoms with Crippen molar-refractivity contribution in [1.29, 1.82) is 0 Å². The van der Waals surface area contributed by atoms with Crippen molar-refractivity contribution in [3.05, 3.63) is 35.4 Å². The van der Waals surface area contributed by atoms with Gasteiger partial charge in [0.25, 0.3) is 0 Å². The molecular formula is C31H56N2O2. The van der Waals surface area contributed by atoms with Gasteiger partial charge in [-0.1, -0.05) is 104 Å². The molecule has 2 atom stereocenters. The van der Waals surface area contributed by atoms with Gasteiger partial charge in [-0.25, -0.2) is 0 Å². The second kappa shape index (κ2) is 16.4. The first-order chi connectivity index (χ1) is 16.4. The van der Waals surface area contributed by atoms with E-state index in [9.17, 15) is 4.79 Å². The number of hydrogen-bond donors (Lipinski definition) is 3. The third-order valence-electron chi connectivity index (χ3n) is 6.95. The maximum Gasteiger partial charge on any atom is 0.308 e. The highest BCUT2D eigenvalue weighted by molar-refractivity contribution is 5.71. The van der Waals surface area contributed by atoms with E-state index in [1.54, 1.807) is 0 Å². The van der Waals surface area contributed by atoms with Crippen molar-refractivity contribution in [2.45, 2.75) is 130 Å². The molecule has 0 spiro atoms. The summed E-state index contributed by atoms with van der Waals surface area (Å²) in [5.74, 6) is -0.838. The Morgan fingerprint density at radius 2 is 1.57 bits per heavy atom. The van der Waals surface area contributed by atoms with E-state index in [-0.39, 0.29) is 22.8 Å². The fourth-order valence-electron chi connectivity index (χ4n) is 4.85.